The maximum Gasteiger partial charge on any atom is 0.253 e. The van der Waals surface area contributed by atoms with Gasteiger partial charge in [-0.3, -0.25) is 14.4 Å². The van der Waals surface area contributed by atoms with E-state index >= 15 is 0 Å². The molecule has 30 heavy (non-hydrogen) atoms. The standard InChI is InChI=1S/C22H25N3O5/c1-29-18-7-3-16(4-8-18)21(27)23-15-20(26)24-11-13-25(14-12-24)22(28)17-5-9-19(30-2)10-6-17/h3-10H,11-15H2,1-2H3,(H,23,27). The van der Waals surface area contributed by atoms with Gasteiger partial charge in [0.05, 0.1) is 20.8 Å². The molecule has 8 nitrogen and oxygen atoms in total. The summed E-state index contributed by atoms with van der Waals surface area (Å²) < 4.78 is 10.2. The van der Waals surface area contributed by atoms with Gasteiger partial charge in [-0.15, -0.1) is 0 Å². The summed E-state index contributed by atoms with van der Waals surface area (Å²) in [6.07, 6.45) is 0. The molecule has 2 aromatic carbocycles. The molecule has 1 heterocycles. The zero-order valence-corrected chi connectivity index (χ0v) is 17.1. The van der Waals surface area contributed by atoms with Crippen LogP contribution in [0.2, 0.25) is 0 Å². The predicted octanol–water partition coefficient (Wildman–Crippen LogP) is 1.42. The van der Waals surface area contributed by atoms with Crippen molar-refractivity contribution in [1.82, 2.24) is 15.1 Å². The van der Waals surface area contributed by atoms with Crippen molar-refractivity contribution in [3.63, 3.8) is 0 Å². The van der Waals surface area contributed by atoms with E-state index < -0.39 is 0 Å². The summed E-state index contributed by atoms with van der Waals surface area (Å²) in [6.45, 7) is 1.67. The van der Waals surface area contributed by atoms with Gasteiger partial charge >= 0.3 is 0 Å². The zero-order chi connectivity index (χ0) is 21.5. The van der Waals surface area contributed by atoms with Crippen molar-refractivity contribution in [3.05, 3.63) is 59.7 Å². The van der Waals surface area contributed by atoms with E-state index in [0.717, 1.165) is 0 Å². The van der Waals surface area contributed by atoms with Crippen LogP contribution in [0.3, 0.4) is 0 Å². The van der Waals surface area contributed by atoms with E-state index in [1.165, 1.54) is 0 Å². The van der Waals surface area contributed by atoms with Crippen molar-refractivity contribution in [3.8, 4) is 11.5 Å². The molecule has 1 aliphatic heterocycles. The third-order valence-electron chi connectivity index (χ3n) is 5.01. The quantitative estimate of drug-likeness (QED) is 0.777. The summed E-state index contributed by atoms with van der Waals surface area (Å²) in [5, 5.41) is 2.64. The molecule has 0 atom stereocenters. The molecule has 0 aliphatic carbocycles. The molecule has 0 bridgehead atoms. The monoisotopic (exact) mass is 411 g/mol. The van der Waals surface area contributed by atoms with Crippen LogP contribution in [-0.4, -0.2) is 74.5 Å². The molecule has 1 saturated heterocycles. The summed E-state index contributed by atoms with van der Waals surface area (Å²) >= 11 is 0. The first-order valence-electron chi connectivity index (χ1n) is 9.65. The molecule has 158 valence electrons. The van der Waals surface area contributed by atoms with Gasteiger partial charge < -0.3 is 24.6 Å². The Morgan fingerprint density at radius 3 is 1.73 bits per heavy atom. The van der Waals surface area contributed by atoms with Gasteiger partial charge in [0.1, 0.15) is 11.5 Å². The summed E-state index contributed by atoms with van der Waals surface area (Å²) in [5.74, 6) is 0.786. The largest absolute Gasteiger partial charge is 0.497 e. The van der Waals surface area contributed by atoms with Gasteiger partial charge in [-0.25, -0.2) is 0 Å². The number of methoxy groups -OCH3 is 2. The smallest absolute Gasteiger partial charge is 0.253 e. The molecular weight excluding hydrogens is 386 g/mol. The molecule has 0 saturated carbocycles. The highest BCUT2D eigenvalue weighted by Crippen LogP contribution is 2.14. The van der Waals surface area contributed by atoms with Gasteiger partial charge in [-0.1, -0.05) is 0 Å². The van der Waals surface area contributed by atoms with Crippen LogP contribution < -0.4 is 14.8 Å². The molecule has 8 heteroatoms. The summed E-state index contributed by atoms with van der Waals surface area (Å²) in [4.78, 5) is 40.6. The van der Waals surface area contributed by atoms with Crippen molar-refractivity contribution in [2.24, 2.45) is 0 Å². The lowest BCUT2D eigenvalue weighted by Gasteiger charge is -2.34. The molecule has 0 spiro atoms. The average molecular weight is 411 g/mol. The minimum atomic E-state index is -0.320. The minimum Gasteiger partial charge on any atom is -0.497 e. The Bertz CT molecular complexity index is 888. The normalized spacial score (nSPS) is 13.5. The first kappa shape index (κ1) is 21.2. The van der Waals surface area contributed by atoms with Crippen molar-refractivity contribution >= 4 is 17.7 Å². The van der Waals surface area contributed by atoms with E-state index in [0.29, 0.717) is 48.8 Å². The van der Waals surface area contributed by atoms with Gasteiger partial charge in [0, 0.05) is 37.3 Å². The number of nitrogens with zero attached hydrogens (tertiary/aromatic N) is 2. The van der Waals surface area contributed by atoms with Crippen LogP contribution in [0, 0.1) is 0 Å². The average Bonchev–Trinajstić information content (AvgIpc) is 2.82. The van der Waals surface area contributed by atoms with E-state index in [1.54, 1.807) is 72.6 Å². The highest BCUT2D eigenvalue weighted by Gasteiger charge is 2.25. The summed E-state index contributed by atoms with van der Waals surface area (Å²) in [5.41, 5.74) is 1.04. The third kappa shape index (κ3) is 5.08. The predicted molar refractivity (Wildman–Crippen MR) is 111 cm³/mol. The second-order valence-corrected chi connectivity index (χ2v) is 6.81. The minimum absolute atomic E-state index is 0.0717. The zero-order valence-electron chi connectivity index (χ0n) is 17.1. The molecule has 0 radical (unpaired) electrons. The fourth-order valence-electron chi connectivity index (χ4n) is 3.19. The molecule has 1 N–H and O–H groups in total. The van der Waals surface area contributed by atoms with Crippen molar-refractivity contribution < 1.29 is 23.9 Å². The third-order valence-corrected chi connectivity index (χ3v) is 5.01. The molecule has 1 fully saturated rings. The topological polar surface area (TPSA) is 88.2 Å². The Balaban J connectivity index is 1.46. The highest BCUT2D eigenvalue weighted by atomic mass is 16.5. The van der Waals surface area contributed by atoms with Gasteiger partial charge in [0.25, 0.3) is 11.8 Å². The van der Waals surface area contributed by atoms with Crippen LogP contribution in [-0.2, 0) is 4.79 Å². The maximum atomic E-state index is 12.6. The number of hydrogen-bond acceptors (Lipinski definition) is 5. The number of hydrogen-bond donors (Lipinski definition) is 1. The Labute approximate surface area is 175 Å². The first-order valence-corrected chi connectivity index (χ1v) is 9.65. The van der Waals surface area contributed by atoms with E-state index in [9.17, 15) is 14.4 Å². The number of carbonyl (C=O) groups is 3. The van der Waals surface area contributed by atoms with Crippen LogP contribution >= 0.6 is 0 Å². The van der Waals surface area contributed by atoms with Crippen LogP contribution in [0.15, 0.2) is 48.5 Å². The number of rotatable bonds is 6. The molecule has 0 aromatic heterocycles. The fourth-order valence-corrected chi connectivity index (χ4v) is 3.19. The van der Waals surface area contributed by atoms with Gasteiger partial charge in [0.2, 0.25) is 5.91 Å². The Kier molecular flexibility index (Phi) is 6.90. The lowest BCUT2D eigenvalue weighted by Crippen LogP contribution is -2.52. The summed E-state index contributed by atoms with van der Waals surface area (Å²) in [7, 11) is 3.13. The number of piperazine rings is 1. The molecule has 1 aliphatic rings. The van der Waals surface area contributed by atoms with Crippen LogP contribution in [0.1, 0.15) is 20.7 Å². The molecule has 0 unspecified atom stereocenters. The van der Waals surface area contributed by atoms with Crippen LogP contribution in [0.5, 0.6) is 11.5 Å². The van der Waals surface area contributed by atoms with Crippen molar-refractivity contribution in [2.75, 3.05) is 46.9 Å². The van der Waals surface area contributed by atoms with Crippen molar-refractivity contribution in [1.29, 1.82) is 0 Å². The van der Waals surface area contributed by atoms with Gasteiger partial charge in [-0.2, -0.15) is 0 Å². The lowest BCUT2D eigenvalue weighted by atomic mass is 10.1. The van der Waals surface area contributed by atoms with Gasteiger partial charge in [-0.05, 0) is 48.5 Å². The number of benzene rings is 2. The molecular formula is C22H25N3O5. The first-order chi connectivity index (χ1) is 14.5. The van der Waals surface area contributed by atoms with Gasteiger partial charge in [0.15, 0.2) is 0 Å². The number of ether oxygens (including phenoxy) is 2. The maximum absolute atomic E-state index is 12.6. The molecule has 2 aromatic rings. The Morgan fingerprint density at radius 1 is 0.767 bits per heavy atom. The molecule has 3 amide bonds. The second-order valence-electron chi connectivity index (χ2n) is 6.81. The summed E-state index contributed by atoms with van der Waals surface area (Å²) in [6, 6.07) is 13.6. The highest BCUT2D eigenvalue weighted by molar-refractivity contribution is 5.97. The van der Waals surface area contributed by atoms with E-state index in [2.05, 4.69) is 5.32 Å². The van der Waals surface area contributed by atoms with Crippen molar-refractivity contribution in [2.45, 2.75) is 0 Å². The Hall–Kier alpha value is -3.55. The molecule has 3 rings (SSSR count). The fraction of sp³-hybridized carbons (Fsp3) is 0.318. The Morgan fingerprint density at radius 2 is 1.23 bits per heavy atom. The van der Waals surface area contributed by atoms with E-state index in [1.807, 2.05) is 0 Å². The second kappa shape index (κ2) is 9.78. The lowest BCUT2D eigenvalue weighted by molar-refractivity contribution is -0.131. The number of amides is 3. The van der Waals surface area contributed by atoms with E-state index in [4.69, 9.17) is 9.47 Å². The SMILES string of the molecule is COc1ccc(C(=O)NCC(=O)N2CCN(C(=O)c3ccc(OC)cc3)CC2)cc1. The number of nitrogens with one attached hydrogen (secondary N) is 1. The number of carbonyl (C=O) groups excluding carboxylic acids is 3. The van der Waals surface area contributed by atoms with E-state index in [-0.39, 0.29) is 24.3 Å². The van der Waals surface area contributed by atoms with Crippen LogP contribution in [0.25, 0.3) is 0 Å². The van der Waals surface area contributed by atoms with Crippen LogP contribution in [0.4, 0.5) is 0 Å².